The van der Waals surface area contributed by atoms with Crippen LogP contribution < -0.4 is 9.47 Å². The van der Waals surface area contributed by atoms with Crippen molar-refractivity contribution >= 4 is 6.08 Å². The molecule has 130 valence electrons. The van der Waals surface area contributed by atoms with Crippen LogP contribution in [0, 0.1) is 0 Å². The summed E-state index contributed by atoms with van der Waals surface area (Å²) in [6.45, 7) is 0.268. The molecule has 4 rings (SSSR count). The molecule has 0 saturated carbocycles. The molecule has 3 aromatic rings. The first-order valence-electron chi connectivity index (χ1n) is 8.65. The van der Waals surface area contributed by atoms with Gasteiger partial charge in [-0.3, -0.25) is 0 Å². The van der Waals surface area contributed by atoms with Crippen molar-refractivity contribution < 1.29 is 14.6 Å². The highest BCUT2D eigenvalue weighted by Gasteiger charge is 2.29. The van der Waals surface area contributed by atoms with Gasteiger partial charge in [0, 0.05) is 6.42 Å². The van der Waals surface area contributed by atoms with E-state index in [1.807, 2.05) is 91.0 Å². The van der Waals surface area contributed by atoms with Crippen molar-refractivity contribution in [2.45, 2.75) is 12.0 Å². The van der Waals surface area contributed by atoms with Crippen LogP contribution in [0.3, 0.4) is 0 Å². The Bertz CT molecular complexity index is 862. The van der Waals surface area contributed by atoms with Gasteiger partial charge in [0.25, 0.3) is 0 Å². The van der Waals surface area contributed by atoms with E-state index in [1.54, 1.807) is 0 Å². The van der Waals surface area contributed by atoms with Gasteiger partial charge in [0.05, 0.1) is 0 Å². The lowest BCUT2D eigenvalue weighted by molar-refractivity contribution is 0.0843. The number of aliphatic hydroxyl groups is 1. The van der Waals surface area contributed by atoms with E-state index in [9.17, 15) is 5.11 Å². The summed E-state index contributed by atoms with van der Waals surface area (Å²) in [6, 6.07) is 25.4. The van der Waals surface area contributed by atoms with Gasteiger partial charge >= 0.3 is 0 Å². The maximum atomic E-state index is 11.5. The maximum absolute atomic E-state index is 11.5. The fraction of sp³-hybridized carbons (Fsp3) is 0.130. The number of benzene rings is 3. The molecule has 0 atom stereocenters. The Labute approximate surface area is 153 Å². The van der Waals surface area contributed by atoms with Crippen molar-refractivity contribution in [2.75, 3.05) is 6.79 Å². The molecule has 1 aliphatic rings. The summed E-state index contributed by atoms with van der Waals surface area (Å²) in [4.78, 5) is 0. The number of fused-ring (bicyclic) bond motifs is 1. The van der Waals surface area contributed by atoms with Crippen LogP contribution >= 0.6 is 0 Å². The van der Waals surface area contributed by atoms with Crippen LogP contribution in [0.2, 0.25) is 0 Å². The molecule has 1 N–H and O–H groups in total. The molecule has 0 aliphatic carbocycles. The zero-order valence-electron chi connectivity index (χ0n) is 14.3. The Morgan fingerprint density at radius 3 is 2.08 bits per heavy atom. The van der Waals surface area contributed by atoms with Gasteiger partial charge in [-0.2, -0.15) is 0 Å². The van der Waals surface area contributed by atoms with Crippen LogP contribution in [0.5, 0.6) is 11.5 Å². The van der Waals surface area contributed by atoms with Gasteiger partial charge in [0.1, 0.15) is 5.60 Å². The van der Waals surface area contributed by atoms with Crippen LogP contribution in [0.1, 0.15) is 23.1 Å². The van der Waals surface area contributed by atoms with Crippen molar-refractivity contribution in [3.8, 4) is 11.5 Å². The van der Waals surface area contributed by atoms with Gasteiger partial charge < -0.3 is 14.6 Å². The molecule has 0 bridgehead atoms. The molecule has 3 aromatic carbocycles. The first kappa shape index (κ1) is 16.4. The zero-order valence-corrected chi connectivity index (χ0v) is 14.3. The predicted octanol–water partition coefficient (Wildman–Crippen LogP) is 4.75. The lowest BCUT2D eigenvalue weighted by Crippen LogP contribution is -2.26. The molecular formula is C23H20O3. The lowest BCUT2D eigenvalue weighted by atomic mass is 9.83. The summed E-state index contributed by atoms with van der Waals surface area (Å²) >= 11 is 0. The summed E-state index contributed by atoms with van der Waals surface area (Å²) in [6.07, 6.45) is 4.46. The van der Waals surface area contributed by atoms with E-state index in [-0.39, 0.29) is 6.79 Å². The molecule has 0 unspecified atom stereocenters. The molecule has 0 radical (unpaired) electrons. The lowest BCUT2D eigenvalue weighted by Gasteiger charge is -2.28. The van der Waals surface area contributed by atoms with E-state index in [0.717, 1.165) is 28.2 Å². The number of hydrogen-bond acceptors (Lipinski definition) is 3. The molecule has 26 heavy (non-hydrogen) atoms. The van der Waals surface area contributed by atoms with E-state index in [0.29, 0.717) is 6.42 Å². The van der Waals surface area contributed by atoms with Crippen LogP contribution in [0.15, 0.2) is 84.9 Å². The van der Waals surface area contributed by atoms with Crippen LogP contribution in [0.4, 0.5) is 0 Å². The minimum atomic E-state index is -1.07. The number of hydrogen-bond donors (Lipinski definition) is 1. The number of ether oxygens (including phenoxy) is 2. The Morgan fingerprint density at radius 1 is 0.808 bits per heavy atom. The van der Waals surface area contributed by atoms with Crippen LogP contribution in [-0.2, 0) is 5.60 Å². The smallest absolute Gasteiger partial charge is 0.231 e. The maximum Gasteiger partial charge on any atom is 0.231 e. The molecule has 3 heteroatoms. The molecular weight excluding hydrogens is 324 g/mol. The first-order chi connectivity index (χ1) is 12.8. The molecule has 3 nitrogen and oxygen atoms in total. The molecule has 1 heterocycles. The molecule has 1 aliphatic heterocycles. The van der Waals surface area contributed by atoms with Gasteiger partial charge in [-0.15, -0.1) is 0 Å². The third-order valence-corrected chi connectivity index (χ3v) is 4.62. The SMILES string of the molecule is OC(C/C=C/c1ccc2c(c1)OCO2)(c1ccccc1)c1ccccc1. The van der Waals surface area contributed by atoms with E-state index in [2.05, 4.69) is 0 Å². The zero-order chi connectivity index (χ0) is 17.8. The highest BCUT2D eigenvalue weighted by molar-refractivity contribution is 5.57. The second kappa shape index (κ2) is 7.06. The summed E-state index contributed by atoms with van der Waals surface area (Å²) in [5.41, 5.74) is 1.69. The summed E-state index contributed by atoms with van der Waals surface area (Å²) in [5, 5.41) is 11.5. The van der Waals surface area contributed by atoms with E-state index < -0.39 is 5.60 Å². The molecule has 0 spiro atoms. The largest absolute Gasteiger partial charge is 0.454 e. The predicted molar refractivity (Wildman–Crippen MR) is 102 cm³/mol. The van der Waals surface area contributed by atoms with E-state index in [4.69, 9.17) is 9.47 Å². The Morgan fingerprint density at radius 2 is 1.42 bits per heavy atom. The highest BCUT2D eigenvalue weighted by Crippen LogP contribution is 2.35. The van der Waals surface area contributed by atoms with E-state index in [1.165, 1.54) is 0 Å². The molecule has 0 amide bonds. The van der Waals surface area contributed by atoms with Gasteiger partial charge in [0.15, 0.2) is 11.5 Å². The fourth-order valence-electron chi connectivity index (χ4n) is 3.21. The topological polar surface area (TPSA) is 38.7 Å². The fourth-order valence-corrected chi connectivity index (χ4v) is 3.21. The number of rotatable bonds is 5. The highest BCUT2D eigenvalue weighted by atomic mass is 16.7. The van der Waals surface area contributed by atoms with Crippen molar-refractivity contribution in [3.05, 3.63) is 102 Å². The second-order valence-corrected chi connectivity index (χ2v) is 6.31. The quantitative estimate of drug-likeness (QED) is 0.725. The van der Waals surface area contributed by atoms with Gasteiger partial charge in [-0.05, 0) is 28.8 Å². The Kier molecular flexibility index (Phi) is 4.46. The first-order valence-corrected chi connectivity index (χ1v) is 8.65. The average Bonchev–Trinajstić information content (AvgIpc) is 3.17. The third kappa shape index (κ3) is 3.22. The van der Waals surface area contributed by atoms with Crippen molar-refractivity contribution in [2.24, 2.45) is 0 Å². The van der Waals surface area contributed by atoms with E-state index >= 15 is 0 Å². The third-order valence-electron chi connectivity index (χ3n) is 4.62. The molecule has 0 fully saturated rings. The summed E-state index contributed by atoms with van der Waals surface area (Å²) in [7, 11) is 0. The van der Waals surface area contributed by atoms with Crippen molar-refractivity contribution in [3.63, 3.8) is 0 Å². The average molecular weight is 344 g/mol. The molecule has 0 aromatic heterocycles. The van der Waals surface area contributed by atoms with Gasteiger partial charge in [-0.1, -0.05) is 78.9 Å². The van der Waals surface area contributed by atoms with Crippen molar-refractivity contribution in [1.29, 1.82) is 0 Å². The Balaban J connectivity index is 1.61. The second-order valence-electron chi connectivity index (χ2n) is 6.31. The van der Waals surface area contributed by atoms with Crippen LogP contribution in [-0.4, -0.2) is 11.9 Å². The van der Waals surface area contributed by atoms with Gasteiger partial charge in [0.2, 0.25) is 6.79 Å². The summed E-state index contributed by atoms with van der Waals surface area (Å²) < 4.78 is 10.8. The minimum absolute atomic E-state index is 0.268. The molecule has 0 saturated heterocycles. The van der Waals surface area contributed by atoms with Crippen LogP contribution in [0.25, 0.3) is 6.08 Å². The van der Waals surface area contributed by atoms with Gasteiger partial charge in [-0.25, -0.2) is 0 Å². The van der Waals surface area contributed by atoms with Crippen molar-refractivity contribution in [1.82, 2.24) is 0 Å². The minimum Gasteiger partial charge on any atom is -0.454 e. The normalized spacial score (nSPS) is 13.3. The summed E-state index contributed by atoms with van der Waals surface area (Å²) in [5.74, 6) is 1.53. The monoisotopic (exact) mass is 344 g/mol. The standard InChI is InChI=1S/C23H20O3/c24-23(19-9-3-1-4-10-19,20-11-5-2-6-12-20)15-7-8-18-13-14-21-22(16-18)26-17-25-21/h1-14,16,24H,15,17H2/b8-7+. The Hall–Kier alpha value is -3.04.